The molecular formula is C29H30N2O7. The highest BCUT2D eigenvalue weighted by atomic mass is 16.5. The van der Waals surface area contributed by atoms with Crippen molar-refractivity contribution in [2.75, 3.05) is 32.7 Å². The second-order valence-electron chi connectivity index (χ2n) is 8.71. The average Bonchev–Trinajstić information content (AvgIpc) is 2.95. The molecule has 0 saturated heterocycles. The van der Waals surface area contributed by atoms with Gasteiger partial charge in [-0.25, -0.2) is 4.79 Å². The van der Waals surface area contributed by atoms with Gasteiger partial charge >= 0.3 is 6.09 Å². The van der Waals surface area contributed by atoms with Crippen LogP contribution < -0.4 is 19.5 Å². The van der Waals surface area contributed by atoms with E-state index < -0.39 is 18.0 Å². The lowest BCUT2D eigenvalue weighted by Gasteiger charge is -2.35. The molecule has 0 radical (unpaired) electrons. The number of amides is 2. The van der Waals surface area contributed by atoms with Gasteiger partial charge in [-0.2, -0.15) is 0 Å². The summed E-state index contributed by atoms with van der Waals surface area (Å²) in [6.07, 6.45) is 1.05. The maximum Gasteiger partial charge on any atom is 0.409 e. The van der Waals surface area contributed by atoms with Crippen molar-refractivity contribution in [1.29, 1.82) is 0 Å². The Morgan fingerprint density at radius 1 is 1.00 bits per heavy atom. The lowest BCUT2D eigenvalue weighted by molar-refractivity contribution is 0.0619. The predicted octanol–water partition coefficient (Wildman–Crippen LogP) is 4.66. The molecule has 3 aromatic rings. The first kappa shape index (κ1) is 26.6. The fourth-order valence-corrected chi connectivity index (χ4v) is 4.38. The molecule has 0 bridgehead atoms. The monoisotopic (exact) mass is 518 g/mol. The first-order chi connectivity index (χ1) is 18.4. The molecule has 4 rings (SSSR count). The number of methoxy groups -OCH3 is 2. The van der Waals surface area contributed by atoms with Crippen molar-refractivity contribution in [3.63, 3.8) is 0 Å². The van der Waals surface area contributed by atoms with E-state index >= 15 is 0 Å². The second kappa shape index (κ2) is 12.2. The van der Waals surface area contributed by atoms with Gasteiger partial charge in [-0.15, -0.1) is 0 Å². The third kappa shape index (κ3) is 6.07. The molecule has 0 aromatic heterocycles. The first-order valence-electron chi connectivity index (χ1n) is 12.1. The van der Waals surface area contributed by atoms with Crippen molar-refractivity contribution in [3.05, 3.63) is 89.5 Å². The molecule has 0 aliphatic carbocycles. The van der Waals surface area contributed by atoms with E-state index in [0.717, 1.165) is 22.4 Å². The van der Waals surface area contributed by atoms with Crippen LogP contribution in [0.5, 0.6) is 17.2 Å². The summed E-state index contributed by atoms with van der Waals surface area (Å²) in [5, 5.41) is 21.9. The molecule has 1 aliphatic rings. The van der Waals surface area contributed by atoms with Gasteiger partial charge in [-0.1, -0.05) is 48.5 Å². The zero-order chi connectivity index (χ0) is 27.1. The van der Waals surface area contributed by atoms with Crippen LogP contribution >= 0.6 is 0 Å². The minimum atomic E-state index is -1.32. The minimum Gasteiger partial charge on any atom is -0.497 e. The zero-order valence-electron chi connectivity index (χ0n) is 21.2. The molecule has 1 unspecified atom stereocenters. The molecule has 9 nitrogen and oxygen atoms in total. The number of carbonyl (C=O) groups is 2. The number of hydrogen-bond acceptors (Lipinski definition) is 6. The highest BCUT2D eigenvalue weighted by Crippen LogP contribution is 2.36. The van der Waals surface area contributed by atoms with Crippen LogP contribution in [0.2, 0.25) is 0 Å². The van der Waals surface area contributed by atoms with Crippen molar-refractivity contribution < 1.29 is 34.0 Å². The lowest BCUT2D eigenvalue weighted by atomic mass is 9.93. The molecule has 1 aliphatic heterocycles. The number of nitrogens with one attached hydrogen (secondary N) is 1. The van der Waals surface area contributed by atoms with Crippen LogP contribution in [0.3, 0.4) is 0 Å². The molecule has 3 N–H and O–H groups in total. The number of carboxylic acid groups (broad SMARTS) is 1. The Labute approximate surface area is 220 Å². The number of aliphatic hydroxyl groups excluding tert-OH is 1. The maximum absolute atomic E-state index is 13.7. The van der Waals surface area contributed by atoms with Gasteiger partial charge in [0.15, 0.2) is 11.5 Å². The standard InChI is InChI=1S/C29H30N2O7/c1-36-23-10-8-20(9-11-23)21-12-13-31(22(14-21)17-32)28(33)24-15-26(37-2)27(16-25(24)30-29(34)35)38-18-19-6-4-3-5-7-19/h3-12,15-16,22,30,32H,13-14,17-18H2,1-2H3,(H,34,35). The minimum absolute atomic E-state index is 0.0629. The van der Waals surface area contributed by atoms with E-state index in [4.69, 9.17) is 14.2 Å². The van der Waals surface area contributed by atoms with Gasteiger partial charge in [-0.05, 0) is 41.3 Å². The van der Waals surface area contributed by atoms with E-state index in [1.165, 1.54) is 24.1 Å². The number of benzene rings is 3. The van der Waals surface area contributed by atoms with Crippen molar-refractivity contribution in [3.8, 4) is 17.2 Å². The van der Waals surface area contributed by atoms with E-state index in [1.807, 2.05) is 60.7 Å². The predicted molar refractivity (Wildman–Crippen MR) is 143 cm³/mol. The summed E-state index contributed by atoms with van der Waals surface area (Å²) in [4.78, 5) is 26.8. The van der Waals surface area contributed by atoms with Gasteiger partial charge in [0.1, 0.15) is 12.4 Å². The molecule has 0 saturated carbocycles. The first-order valence-corrected chi connectivity index (χ1v) is 12.1. The molecule has 38 heavy (non-hydrogen) atoms. The van der Waals surface area contributed by atoms with Gasteiger partial charge < -0.3 is 29.3 Å². The van der Waals surface area contributed by atoms with Crippen molar-refractivity contribution in [1.82, 2.24) is 4.90 Å². The molecule has 1 atom stereocenters. The fourth-order valence-electron chi connectivity index (χ4n) is 4.38. The third-order valence-corrected chi connectivity index (χ3v) is 6.38. The molecule has 3 aromatic carbocycles. The highest BCUT2D eigenvalue weighted by molar-refractivity contribution is 6.04. The van der Waals surface area contributed by atoms with Crippen molar-refractivity contribution in [2.24, 2.45) is 0 Å². The van der Waals surface area contributed by atoms with E-state index in [-0.39, 0.29) is 42.5 Å². The van der Waals surface area contributed by atoms with Crippen LogP contribution in [0.25, 0.3) is 5.57 Å². The van der Waals surface area contributed by atoms with Gasteiger partial charge in [-0.3, -0.25) is 10.1 Å². The summed E-state index contributed by atoms with van der Waals surface area (Å²) >= 11 is 0. The van der Waals surface area contributed by atoms with E-state index in [1.54, 1.807) is 7.11 Å². The molecule has 1 heterocycles. The number of carbonyl (C=O) groups excluding carboxylic acids is 1. The normalized spacial score (nSPS) is 14.9. The van der Waals surface area contributed by atoms with Crippen LogP contribution in [0.15, 0.2) is 72.8 Å². The van der Waals surface area contributed by atoms with E-state index in [2.05, 4.69) is 5.32 Å². The maximum atomic E-state index is 13.7. The van der Waals surface area contributed by atoms with Crippen LogP contribution in [0.4, 0.5) is 10.5 Å². The number of nitrogens with zero attached hydrogens (tertiary/aromatic N) is 1. The van der Waals surface area contributed by atoms with Crippen LogP contribution in [-0.4, -0.2) is 60.5 Å². The number of hydrogen-bond donors (Lipinski definition) is 3. The third-order valence-electron chi connectivity index (χ3n) is 6.38. The van der Waals surface area contributed by atoms with Crippen LogP contribution in [-0.2, 0) is 6.61 Å². The number of anilines is 1. The molecule has 198 valence electrons. The zero-order valence-corrected chi connectivity index (χ0v) is 21.2. The summed E-state index contributed by atoms with van der Waals surface area (Å²) in [5.74, 6) is 0.873. The Morgan fingerprint density at radius 3 is 2.37 bits per heavy atom. The topological polar surface area (TPSA) is 118 Å². The Balaban J connectivity index is 1.62. The number of aliphatic hydroxyl groups is 1. The summed E-state index contributed by atoms with van der Waals surface area (Å²) in [6, 6.07) is 19.5. The smallest absolute Gasteiger partial charge is 0.409 e. The molecule has 9 heteroatoms. The van der Waals surface area contributed by atoms with Crippen LogP contribution in [0, 0.1) is 0 Å². The Kier molecular flexibility index (Phi) is 8.50. The average molecular weight is 519 g/mol. The molecule has 0 fully saturated rings. The quantitative estimate of drug-likeness (QED) is 0.377. The van der Waals surface area contributed by atoms with Gasteiger partial charge in [0.05, 0.1) is 38.1 Å². The Bertz CT molecular complexity index is 1310. The second-order valence-corrected chi connectivity index (χ2v) is 8.71. The Hall–Kier alpha value is -4.50. The number of ether oxygens (including phenoxy) is 3. The molecule has 0 spiro atoms. The Morgan fingerprint density at radius 2 is 1.74 bits per heavy atom. The van der Waals surface area contributed by atoms with Gasteiger partial charge in [0.2, 0.25) is 0 Å². The fraction of sp³-hybridized carbons (Fsp3) is 0.241. The summed E-state index contributed by atoms with van der Waals surface area (Å²) < 4.78 is 16.6. The molecule has 2 amide bonds. The largest absolute Gasteiger partial charge is 0.497 e. The lowest BCUT2D eigenvalue weighted by Crippen LogP contribution is -2.45. The number of rotatable bonds is 9. The highest BCUT2D eigenvalue weighted by Gasteiger charge is 2.31. The molecular weight excluding hydrogens is 488 g/mol. The summed E-state index contributed by atoms with van der Waals surface area (Å²) in [6.45, 7) is 0.220. The van der Waals surface area contributed by atoms with Gasteiger partial charge in [0, 0.05) is 12.6 Å². The summed E-state index contributed by atoms with van der Waals surface area (Å²) in [7, 11) is 3.05. The van der Waals surface area contributed by atoms with Crippen LogP contribution in [0.1, 0.15) is 27.9 Å². The summed E-state index contributed by atoms with van der Waals surface area (Å²) in [5.41, 5.74) is 3.05. The SMILES string of the molecule is COc1ccc(C2=CCN(C(=O)c3cc(OC)c(OCc4ccccc4)cc3NC(=O)O)C(CO)C2)cc1. The van der Waals surface area contributed by atoms with E-state index in [0.29, 0.717) is 6.42 Å². The van der Waals surface area contributed by atoms with Crippen molar-refractivity contribution >= 4 is 23.3 Å². The van der Waals surface area contributed by atoms with Gasteiger partial charge in [0.25, 0.3) is 5.91 Å². The van der Waals surface area contributed by atoms with Crippen molar-refractivity contribution in [2.45, 2.75) is 19.1 Å². The van der Waals surface area contributed by atoms with E-state index in [9.17, 15) is 19.8 Å².